The monoisotopic (exact) mass is 394 g/mol. The number of sulfonamides is 1. The molecule has 3 rings (SSSR count). The Morgan fingerprint density at radius 3 is 2.48 bits per heavy atom. The summed E-state index contributed by atoms with van der Waals surface area (Å²) >= 11 is 0. The Labute approximate surface area is 160 Å². The maximum atomic E-state index is 12.1. The maximum absolute atomic E-state index is 12.1. The maximum Gasteiger partial charge on any atom is 0.313 e. The van der Waals surface area contributed by atoms with Crippen molar-refractivity contribution in [1.29, 1.82) is 0 Å². The normalized spacial score (nSPS) is 19.6. The van der Waals surface area contributed by atoms with Crippen LogP contribution < -0.4 is 14.9 Å². The number of rotatable bonds is 5. The van der Waals surface area contributed by atoms with Crippen LogP contribution in [0.4, 0.5) is 11.4 Å². The topological polar surface area (TPSA) is 98.8 Å². The molecule has 2 saturated heterocycles. The van der Waals surface area contributed by atoms with Gasteiger partial charge in [-0.25, -0.2) is 8.42 Å². The summed E-state index contributed by atoms with van der Waals surface area (Å²) < 4.78 is 25.4. The van der Waals surface area contributed by atoms with Crippen LogP contribution in [-0.2, 0) is 19.6 Å². The number of hydrogen-bond acceptors (Lipinski definition) is 5. The van der Waals surface area contributed by atoms with Crippen molar-refractivity contribution < 1.29 is 18.0 Å². The van der Waals surface area contributed by atoms with Crippen LogP contribution in [0.1, 0.15) is 25.7 Å². The minimum atomic E-state index is -3.29. The minimum Gasteiger partial charge on any atom is -0.347 e. The first kappa shape index (κ1) is 19.6. The number of anilines is 2. The Balaban J connectivity index is 1.51. The molecule has 2 aliphatic heterocycles. The van der Waals surface area contributed by atoms with Crippen molar-refractivity contribution in [2.24, 2.45) is 0 Å². The van der Waals surface area contributed by atoms with Crippen molar-refractivity contribution in [3.05, 3.63) is 24.3 Å². The number of benzene rings is 1. The number of likely N-dealkylation sites (tertiary alicyclic amines) is 1. The van der Waals surface area contributed by atoms with Gasteiger partial charge in [-0.05, 0) is 50.6 Å². The van der Waals surface area contributed by atoms with E-state index in [2.05, 4.69) is 15.5 Å². The molecule has 2 amide bonds. The molecule has 2 heterocycles. The molecular weight excluding hydrogens is 368 g/mol. The van der Waals surface area contributed by atoms with E-state index in [4.69, 9.17) is 0 Å². The van der Waals surface area contributed by atoms with E-state index in [9.17, 15) is 18.0 Å². The quantitative estimate of drug-likeness (QED) is 0.719. The Hall–Kier alpha value is -2.13. The van der Waals surface area contributed by atoms with Gasteiger partial charge >= 0.3 is 11.8 Å². The molecule has 2 fully saturated rings. The highest BCUT2D eigenvalue weighted by molar-refractivity contribution is 7.93. The zero-order valence-corrected chi connectivity index (χ0v) is 16.1. The van der Waals surface area contributed by atoms with Crippen molar-refractivity contribution in [3.63, 3.8) is 0 Å². The second-order valence-electron chi connectivity index (χ2n) is 6.90. The highest BCUT2D eigenvalue weighted by atomic mass is 32.2. The van der Waals surface area contributed by atoms with E-state index in [-0.39, 0.29) is 5.75 Å². The zero-order chi connectivity index (χ0) is 19.3. The molecule has 148 valence electrons. The SMILES string of the molecule is O=C(NCCN1CCCCC1)C(=O)Nc1cccc(N2CCCS2(=O)=O)c1. The Morgan fingerprint density at radius 2 is 1.78 bits per heavy atom. The lowest BCUT2D eigenvalue weighted by Gasteiger charge is -2.26. The zero-order valence-electron chi connectivity index (χ0n) is 15.3. The van der Waals surface area contributed by atoms with Crippen LogP contribution in [0.25, 0.3) is 0 Å². The summed E-state index contributed by atoms with van der Waals surface area (Å²) in [6.07, 6.45) is 4.19. The highest BCUT2D eigenvalue weighted by Crippen LogP contribution is 2.26. The van der Waals surface area contributed by atoms with Gasteiger partial charge in [-0.15, -0.1) is 0 Å². The van der Waals surface area contributed by atoms with Crippen molar-refractivity contribution in [2.75, 3.05) is 48.1 Å². The fourth-order valence-corrected chi connectivity index (χ4v) is 5.00. The highest BCUT2D eigenvalue weighted by Gasteiger charge is 2.28. The molecule has 9 heteroatoms. The van der Waals surface area contributed by atoms with E-state index in [1.165, 1.54) is 23.6 Å². The lowest BCUT2D eigenvalue weighted by Crippen LogP contribution is -2.41. The van der Waals surface area contributed by atoms with Gasteiger partial charge in [0, 0.05) is 25.3 Å². The smallest absolute Gasteiger partial charge is 0.313 e. The molecule has 27 heavy (non-hydrogen) atoms. The first-order chi connectivity index (χ1) is 13.0. The molecule has 2 N–H and O–H groups in total. The summed E-state index contributed by atoms with van der Waals surface area (Å²) in [5, 5.41) is 5.17. The van der Waals surface area contributed by atoms with Gasteiger partial charge in [-0.2, -0.15) is 0 Å². The van der Waals surface area contributed by atoms with Crippen molar-refractivity contribution in [3.8, 4) is 0 Å². The molecule has 8 nitrogen and oxygen atoms in total. The number of amides is 2. The van der Waals surface area contributed by atoms with Crippen LogP contribution in [0.15, 0.2) is 24.3 Å². The molecule has 0 spiro atoms. The van der Waals surface area contributed by atoms with Gasteiger partial charge < -0.3 is 15.5 Å². The number of nitrogens with zero attached hydrogens (tertiary/aromatic N) is 2. The van der Waals surface area contributed by atoms with Gasteiger partial charge in [0.05, 0.1) is 11.4 Å². The Kier molecular flexibility index (Phi) is 6.33. The molecule has 0 saturated carbocycles. The summed E-state index contributed by atoms with van der Waals surface area (Å²) in [6, 6.07) is 6.54. The molecule has 0 unspecified atom stereocenters. The Bertz CT molecular complexity index is 790. The van der Waals surface area contributed by atoms with E-state index in [1.54, 1.807) is 24.3 Å². The molecule has 0 bridgehead atoms. The van der Waals surface area contributed by atoms with Gasteiger partial charge in [0.2, 0.25) is 10.0 Å². The molecule has 1 aromatic carbocycles. The molecule has 0 aliphatic carbocycles. The van der Waals surface area contributed by atoms with E-state index >= 15 is 0 Å². The third-order valence-electron chi connectivity index (χ3n) is 4.86. The van der Waals surface area contributed by atoms with Crippen molar-refractivity contribution in [2.45, 2.75) is 25.7 Å². The first-order valence-corrected chi connectivity index (χ1v) is 11.0. The van der Waals surface area contributed by atoms with Gasteiger partial charge in [-0.1, -0.05) is 12.5 Å². The molecule has 0 aromatic heterocycles. The largest absolute Gasteiger partial charge is 0.347 e. The molecule has 0 atom stereocenters. The van der Waals surface area contributed by atoms with E-state index in [0.29, 0.717) is 30.9 Å². The predicted molar refractivity (Wildman–Crippen MR) is 104 cm³/mol. The minimum absolute atomic E-state index is 0.128. The second kappa shape index (κ2) is 8.71. The van der Waals surface area contributed by atoms with Crippen molar-refractivity contribution >= 4 is 33.2 Å². The Morgan fingerprint density at radius 1 is 1.00 bits per heavy atom. The van der Waals surface area contributed by atoms with Gasteiger partial charge in [-0.3, -0.25) is 13.9 Å². The molecule has 1 aromatic rings. The van der Waals surface area contributed by atoms with Crippen LogP contribution in [0, 0.1) is 0 Å². The average molecular weight is 394 g/mol. The number of piperidine rings is 1. The lowest BCUT2D eigenvalue weighted by atomic mass is 10.1. The molecular formula is C18H26N4O4S. The van der Waals surface area contributed by atoms with Crippen LogP contribution >= 0.6 is 0 Å². The van der Waals surface area contributed by atoms with E-state index < -0.39 is 21.8 Å². The molecule has 0 radical (unpaired) electrons. The summed E-state index contributed by atoms with van der Waals surface area (Å²) in [7, 11) is -3.29. The van der Waals surface area contributed by atoms with Crippen LogP contribution in [0.5, 0.6) is 0 Å². The summed E-state index contributed by atoms with van der Waals surface area (Å²) in [4.78, 5) is 26.4. The van der Waals surface area contributed by atoms with Crippen LogP contribution in [0.3, 0.4) is 0 Å². The second-order valence-corrected chi connectivity index (χ2v) is 8.92. The predicted octanol–water partition coefficient (Wildman–Crippen LogP) is 0.767. The fourth-order valence-electron chi connectivity index (χ4n) is 3.45. The summed E-state index contributed by atoms with van der Waals surface area (Å²) in [5.74, 6) is -1.32. The van der Waals surface area contributed by atoms with Crippen LogP contribution in [-0.4, -0.2) is 63.6 Å². The van der Waals surface area contributed by atoms with Gasteiger partial charge in [0.15, 0.2) is 0 Å². The number of carbonyl (C=O) groups is 2. The number of nitrogens with one attached hydrogen (secondary N) is 2. The number of hydrogen-bond donors (Lipinski definition) is 2. The summed E-state index contributed by atoms with van der Waals surface area (Å²) in [5.41, 5.74) is 0.890. The van der Waals surface area contributed by atoms with Gasteiger partial charge in [0.25, 0.3) is 0 Å². The molecule has 2 aliphatic rings. The number of carbonyl (C=O) groups excluding carboxylic acids is 2. The lowest BCUT2D eigenvalue weighted by molar-refractivity contribution is -0.136. The van der Waals surface area contributed by atoms with Crippen molar-refractivity contribution in [1.82, 2.24) is 10.2 Å². The first-order valence-electron chi connectivity index (χ1n) is 9.38. The summed E-state index contributed by atoms with van der Waals surface area (Å²) in [6.45, 7) is 3.67. The van der Waals surface area contributed by atoms with Gasteiger partial charge in [0.1, 0.15) is 0 Å². The third-order valence-corrected chi connectivity index (χ3v) is 6.73. The average Bonchev–Trinajstić information content (AvgIpc) is 3.02. The van der Waals surface area contributed by atoms with Crippen LogP contribution in [0.2, 0.25) is 0 Å². The van der Waals surface area contributed by atoms with E-state index in [1.807, 2.05) is 0 Å². The third kappa shape index (κ3) is 5.20. The fraction of sp³-hybridized carbons (Fsp3) is 0.556. The standard InChI is InChI=1S/C18H26N4O4S/c23-17(19-8-12-21-9-2-1-3-10-21)18(24)20-15-6-4-7-16(14-15)22-11-5-13-27(22,25)26/h4,6-7,14H,1-3,5,8-13H2,(H,19,23)(H,20,24). The van der Waals surface area contributed by atoms with E-state index in [0.717, 1.165) is 19.6 Å².